The van der Waals surface area contributed by atoms with Crippen molar-refractivity contribution in [2.45, 2.75) is 0 Å². The smallest absolute Gasteiger partial charge is 0.0296 e. The van der Waals surface area contributed by atoms with Crippen molar-refractivity contribution in [1.82, 2.24) is 0 Å². The Morgan fingerprint density at radius 1 is 1.10 bits per heavy atom. The maximum absolute atomic E-state index is 3.24. The van der Waals surface area contributed by atoms with Gasteiger partial charge in [0, 0.05) is 9.85 Å². The predicted octanol–water partition coefficient (Wildman–Crippen LogP) is 1.67. The van der Waals surface area contributed by atoms with Crippen LogP contribution >= 0.6 is 0 Å². The van der Waals surface area contributed by atoms with E-state index < -0.39 is 0 Å². The summed E-state index contributed by atoms with van der Waals surface area (Å²) in [6.45, 7) is 0. The molecule has 0 aliphatic heterocycles. The summed E-state index contributed by atoms with van der Waals surface area (Å²) in [5.41, 5.74) is 3.05. The molecule has 0 aromatic heterocycles. The molecule has 1 aromatic carbocycles. The predicted molar refractivity (Wildman–Crippen MR) is 47.3 cm³/mol. The molecule has 0 nitrogen and oxygen atoms in total. The Hall–Kier alpha value is -0.953. The third kappa shape index (κ3) is 2.11. The molecule has 0 N–H and O–H groups in total. The van der Waals surface area contributed by atoms with Crippen molar-refractivity contribution in [2.24, 2.45) is 0 Å². The van der Waals surface area contributed by atoms with Gasteiger partial charge in [-0.05, 0) is 5.56 Å². The van der Waals surface area contributed by atoms with Crippen LogP contribution in [-0.2, 0) is 0 Å². The van der Waals surface area contributed by atoms with E-state index in [2.05, 4.69) is 22.0 Å². The quantitative estimate of drug-likeness (QED) is 0.554. The van der Waals surface area contributed by atoms with Gasteiger partial charge in [-0.1, -0.05) is 48.2 Å². The fourth-order valence-electron chi connectivity index (χ4n) is 0.723. The van der Waals surface area contributed by atoms with Gasteiger partial charge in [-0.3, -0.25) is 0 Å². The van der Waals surface area contributed by atoms with Crippen molar-refractivity contribution >= 4 is 21.6 Å². The maximum atomic E-state index is 3.24. The molecule has 0 aliphatic carbocycles. The summed E-state index contributed by atoms with van der Waals surface area (Å²) in [7, 11) is 3.24. The van der Waals surface area contributed by atoms with Gasteiger partial charge in [-0.2, -0.15) is 0 Å². The average molecular weight is 144 g/mol. The van der Waals surface area contributed by atoms with Crippen LogP contribution in [0.25, 0.3) is 6.08 Å². The van der Waals surface area contributed by atoms with Crippen LogP contribution in [0, 0.1) is 0 Å². The largest absolute Gasteiger partial charge is 0.0809 e. The second-order valence-electron chi connectivity index (χ2n) is 1.94. The summed E-state index contributed by atoms with van der Waals surface area (Å²) in [4.78, 5) is 0. The van der Waals surface area contributed by atoms with Crippen LogP contribution in [0.15, 0.2) is 36.4 Å². The van der Waals surface area contributed by atoms with E-state index in [1.165, 1.54) is 5.56 Å². The van der Waals surface area contributed by atoms with Gasteiger partial charge in [-0.15, -0.1) is 0 Å². The molecule has 0 amide bonds. The summed E-state index contributed by atoms with van der Waals surface area (Å²) in [6, 6.07) is 10.2. The first kappa shape index (κ1) is 7.16. The van der Waals surface area contributed by atoms with Crippen molar-refractivity contribution in [3.63, 3.8) is 0 Å². The molecule has 10 heavy (non-hydrogen) atoms. The van der Waals surface area contributed by atoms with E-state index in [0.29, 0.717) is 0 Å². The van der Waals surface area contributed by atoms with Gasteiger partial charge in [0.05, 0.1) is 0 Å². The van der Waals surface area contributed by atoms with E-state index >= 15 is 0 Å². The monoisotopic (exact) mass is 144 g/mol. The first-order valence-electron chi connectivity index (χ1n) is 3.15. The molecular weight excluding hydrogens is 136 g/mol. The van der Waals surface area contributed by atoms with Crippen LogP contribution < -0.4 is 0 Å². The first-order chi connectivity index (χ1) is 4.93. The van der Waals surface area contributed by atoms with Gasteiger partial charge in [0.25, 0.3) is 0 Å². The maximum Gasteiger partial charge on any atom is 0.0296 e. The molecule has 48 valence electrons. The molecule has 0 fully saturated rings. The van der Waals surface area contributed by atoms with Crippen LogP contribution in [0.5, 0.6) is 0 Å². The summed E-state index contributed by atoms with van der Waals surface area (Å²) in [5.74, 6) is 0. The van der Waals surface area contributed by atoms with Gasteiger partial charge in [0.2, 0.25) is 0 Å². The lowest BCUT2D eigenvalue weighted by Crippen LogP contribution is -1.68. The molecule has 0 unspecified atom stereocenters. The Balaban J connectivity index is 2.76. The van der Waals surface area contributed by atoms with Gasteiger partial charge in [0.1, 0.15) is 0 Å². The molecule has 0 saturated heterocycles. The lowest BCUT2D eigenvalue weighted by Gasteiger charge is -1.87. The van der Waals surface area contributed by atoms with Gasteiger partial charge >= 0.3 is 0 Å². The van der Waals surface area contributed by atoms with Crippen molar-refractivity contribution in [3.05, 3.63) is 42.0 Å². The van der Waals surface area contributed by atoms with E-state index in [1.54, 1.807) is 0 Å². The van der Waals surface area contributed by atoms with Gasteiger partial charge < -0.3 is 0 Å². The molecule has 0 saturated carbocycles. The molecule has 0 heterocycles. The first-order valence-corrected chi connectivity index (χ1v) is 3.73. The molecule has 0 aliphatic rings. The van der Waals surface area contributed by atoms with Crippen molar-refractivity contribution in [1.29, 1.82) is 0 Å². The average Bonchev–Trinajstić information content (AvgIpc) is 2.03. The zero-order valence-corrected chi connectivity index (χ0v) is 6.62. The Morgan fingerprint density at radius 3 is 2.40 bits per heavy atom. The molecule has 1 rings (SSSR count). The van der Waals surface area contributed by atoms with Crippen molar-refractivity contribution in [2.75, 3.05) is 0 Å². The molecular formula is C9H8Si. The normalized spacial score (nSPS) is 10.0. The number of allylic oxidation sites excluding steroid dienone is 1. The minimum Gasteiger partial charge on any atom is -0.0809 e. The third-order valence-electron chi connectivity index (χ3n) is 1.18. The fourth-order valence-corrected chi connectivity index (χ4v) is 0.820. The highest BCUT2D eigenvalue weighted by Gasteiger charge is 1.78. The fraction of sp³-hybridized carbons (Fsp3) is 0. The number of hydrogen-bond acceptors (Lipinski definition) is 0. The number of rotatable bonds is 2. The van der Waals surface area contributed by atoms with Crippen molar-refractivity contribution in [3.8, 4) is 0 Å². The van der Waals surface area contributed by atoms with Crippen LogP contribution in [0.2, 0.25) is 0 Å². The molecule has 1 aromatic rings. The molecule has 1 heteroatoms. The Bertz CT molecular complexity index is 224. The highest BCUT2D eigenvalue weighted by atomic mass is 28.1. The zero-order chi connectivity index (χ0) is 7.23. The van der Waals surface area contributed by atoms with E-state index in [9.17, 15) is 0 Å². The summed E-state index contributed by atoms with van der Waals surface area (Å²) < 4.78 is 0. The molecule has 0 bridgehead atoms. The molecule has 2 radical (unpaired) electrons. The summed E-state index contributed by atoms with van der Waals surface area (Å²) in [6.07, 6.45) is 3.99. The second-order valence-corrected chi connectivity index (χ2v) is 2.27. The van der Waals surface area contributed by atoms with Crippen molar-refractivity contribution < 1.29 is 0 Å². The minimum absolute atomic E-state index is 1.22. The topological polar surface area (TPSA) is 0 Å². The SMILES string of the molecule is [Si]=C/C=C/c1ccccc1. The van der Waals surface area contributed by atoms with E-state index in [0.717, 1.165) is 0 Å². The highest BCUT2D eigenvalue weighted by molar-refractivity contribution is 6.31. The van der Waals surface area contributed by atoms with Gasteiger partial charge in [0.15, 0.2) is 0 Å². The lowest BCUT2D eigenvalue weighted by molar-refractivity contribution is 1.66. The number of hydrogen-bond donors (Lipinski definition) is 0. The standard InChI is InChI=1S/C9H8Si/c10-8-4-7-9-5-2-1-3-6-9/h1-8H/b7-4+. The second kappa shape index (κ2) is 3.96. The third-order valence-corrected chi connectivity index (χ3v) is 1.38. The van der Waals surface area contributed by atoms with Crippen LogP contribution in [0.4, 0.5) is 0 Å². The Kier molecular flexibility index (Phi) is 2.83. The number of benzene rings is 1. The highest BCUT2D eigenvalue weighted by Crippen LogP contribution is 1.99. The Morgan fingerprint density at radius 2 is 1.80 bits per heavy atom. The van der Waals surface area contributed by atoms with Crippen LogP contribution in [-0.4, -0.2) is 15.5 Å². The molecule has 0 atom stereocenters. The van der Waals surface area contributed by atoms with Crippen LogP contribution in [0.3, 0.4) is 0 Å². The molecule has 0 spiro atoms. The van der Waals surface area contributed by atoms with Gasteiger partial charge in [-0.25, -0.2) is 0 Å². The lowest BCUT2D eigenvalue weighted by atomic mass is 10.2. The van der Waals surface area contributed by atoms with Crippen LogP contribution in [0.1, 0.15) is 5.56 Å². The summed E-state index contributed by atoms with van der Waals surface area (Å²) in [5, 5.41) is 0. The Labute approximate surface area is 64.2 Å². The minimum atomic E-state index is 1.22. The summed E-state index contributed by atoms with van der Waals surface area (Å²) >= 11 is 0. The van der Waals surface area contributed by atoms with E-state index in [-0.39, 0.29) is 0 Å². The van der Waals surface area contributed by atoms with E-state index in [1.807, 2.05) is 36.0 Å². The van der Waals surface area contributed by atoms with E-state index in [4.69, 9.17) is 0 Å². The zero-order valence-electron chi connectivity index (χ0n) is 5.62.